The van der Waals surface area contributed by atoms with E-state index < -0.39 is 8.07 Å². The Labute approximate surface area is 73.1 Å². The predicted molar refractivity (Wildman–Crippen MR) is 59.0 cm³/mol. The summed E-state index contributed by atoms with van der Waals surface area (Å²) in [7, 11) is 0.148. The van der Waals surface area contributed by atoms with Gasteiger partial charge in [-0.05, 0) is 0 Å². The third kappa shape index (κ3) is 2.04. The fourth-order valence-corrected chi connectivity index (χ4v) is 5.89. The third-order valence-corrected chi connectivity index (χ3v) is 5.50. The van der Waals surface area contributed by atoms with Crippen molar-refractivity contribution in [1.82, 2.24) is 0 Å². The summed E-state index contributed by atoms with van der Waals surface area (Å²) in [5.41, 5.74) is 0. The normalized spacial score (nSPS) is 11.9. The summed E-state index contributed by atoms with van der Waals surface area (Å²) >= 11 is 0. The molecule has 0 atom stereocenters. The van der Waals surface area contributed by atoms with Crippen LogP contribution in [0, 0.1) is 0 Å². The quantitative estimate of drug-likeness (QED) is 0.543. The molecule has 0 aliphatic heterocycles. The molecule has 0 amide bonds. The molecule has 0 aliphatic carbocycles. The minimum absolute atomic E-state index is 1.04. The molecule has 0 aliphatic rings. The van der Waals surface area contributed by atoms with E-state index in [9.17, 15) is 0 Å². The Kier molecular flexibility index (Phi) is 2.35. The van der Waals surface area contributed by atoms with E-state index in [0.717, 1.165) is 0 Å². The standard InChI is InChI=1S/C9H16Si2/c1-11(2,3)9-7-5-4-6-8(9)10/h4-7H,1-3,10H3. The van der Waals surface area contributed by atoms with E-state index in [2.05, 4.69) is 43.9 Å². The molecule has 1 aromatic rings. The van der Waals surface area contributed by atoms with Crippen molar-refractivity contribution in [3.8, 4) is 0 Å². The molecule has 0 radical (unpaired) electrons. The molecule has 2 heteroatoms. The Morgan fingerprint density at radius 3 is 2.00 bits per heavy atom. The van der Waals surface area contributed by atoms with E-state index in [4.69, 9.17) is 0 Å². The highest BCUT2D eigenvalue weighted by Gasteiger charge is 2.16. The fraction of sp³-hybridized carbons (Fsp3) is 0.333. The molecule has 0 spiro atoms. The molecule has 0 fully saturated rings. The zero-order valence-corrected chi connectivity index (χ0v) is 10.8. The lowest BCUT2D eigenvalue weighted by Gasteiger charge is -2.18. The monoisotopic (exact) mass is 180 g/mol. The molecular weight excluding hydrogens is 164 g/mol. The van der Waals surface area contributed by atoms with Crippen LogP contribution in [0.2, 0.25) is 19.6 Å². The van der Waals surface area contributed by atoms with Crippen LogP contribution in [0.25, 0.3) is 0 Å². The second kappa shape index (κ2) is 2.95. The number of hydrogen-bond donors (Lipinski definition) is 0. The molecule has 0 bridgehead atoms. The average Bonchev–Trinajstić information content (AvgIpc) is 1.86. The van der Waals surface area contributed by atoms with Crippen molar-refractivity contribution in [3.63, 3.8) is 0 Å². The van der Waals surface area contributed by atoms with Crippen LogP contribution in [0.4, 0.5) is 0 Å². The van der Waals surface area contributed by atoms with Crippen LogP contribution in [0.3, 0.4) is 0 Å². The van der Waals surface area contributed by atoms with Crippen molar-refractivity contribution >= 4 is 28.7 Å². The maximum Gasteiger partial charge on any atom is 0.0773 e. The number of hydrogen-bond acceptors (Lipinski definition) is 0. The van der Waals surface area contributed by atoms with Gasteiger partial charge in [0, 0.05) is 10.2 Å². The summed E-state index contributed by atoms with van der Waals surface area (Å²) in [6.45, 7) is 7.22. The van der Waals surface area contributed by atoms with Crippen LogP contribution in [-0.2, 0) is 0 Å². The van der Waals surface area contributed by atoms with E-state index in [1.165, 1.54) is 10.2 Å². The van der Waals surface area contributed by atoms with Gasteiger partial charge in [0.25, 0.3) is 0 Å². The summed E-state index contributed by atoms with van der Waals surface area (Å²) in [6.07, 6.45) is 0. The van der Waals surface area contributed by atoms with Gasteiger partial charge in [0.2, 0.25) is 0 Å². The Morgan fingerprint density at radius 1 is 1.09 bits per heavy atom. The van der Waals surface area contributed by atoms with E-state index in [0.29, 0.717) is 0 Å². The van der Waals surface area contributed by atoms with Crippen LogP contribution in [0.15, 0.2) is 24.3 Å². The SMILES string of the molecule is C[Si](C)(C)c1ccccc1[SiH3]. The van der Waals surface area contributed by atoms with Gasteiger partial charge in [-0.15, -0.1) is 0 Å². The highest BCUT2D eigenvalue weighted by molar-refractivity contribution is 6.91. The lowest BCUT2D eigenvalue weighted by Crippen LogP contribution is -2.46. The Balaban J connectivity index is 3.14. The molecule has 0 heterocycles. The van der Waals surface area contributed by atoms with Crippen molar-refractivity contribution in [2.24, 2.45) is 0 Å². The van der Waals surface area contributed by atoms with Crippen LogP contribution in [0.5, 0.6) is 0 Å². The van der Waals surface area contributed by atoms with E-state index in [1.54, 1.807) is 10.4 Å². The molecule has 0 aromatic heterocycles. The summed E-state index contributed by atoms with van der Waals surface area (Å²) in [4.78, 5) is 0. The molecule has 1 aromatic carbocycles. The lowest BCUT2D eigenvalue weighted by atomic mass is 10.4. The number of benzene rings is 1. The highest BCUT2D eigenvalue weighted by atomic mass is 28.3. The molecule has 0 saturated heterocycles. The summed E-state index contributed by atoms with van der Waals surface area (Å²) in [6, 6.07) is 8.87. The molecule has 0 saturated carbocycles. The first-order chi connectivity index (χ1) is 5.02. The first-order valence-corrected chi connectivity index (χ1v) is 8.58. The van der Waals surface area contributed by atoms with Gasteiger partial charge in [-0.2, -0.15) is 0 Å². The smallest absolute Gasteiger partial charge is 0.0715 e. The van der Waals surface area contributed by atoms with Crippen LogP contribution >= 0.6 is 0 Å². The second-order valence-electron chi connectivity index (χ2n) is 4.06. The topological polar surface area (TPSA) is 0 Å². The van der Waals surface area contributed by atoms with Crippen molar-refractivity contribution in [1.29, 1.82) is 0 Å². The van der Waals surface area contributed by atoms with E-state index in [-0.39, 0.29) is 0 Å². The van der Waals surface area contributed by atoms with Gasteiger partial charge in [-0.1, -0.05) is 54.3 Å². The van der Waals surface area contributed by atoms with Crippen LogP contribution in [-0.4, -0.2) is 18.3 Å². The second-order valence-corrected chi connectivity index (χ2v) is 10.2. The van der Waals surface area contributed by atoms with Crippen molar-refractivity contribution in [2.75, 3.05) is 0 Å². The van der Waals surface area contributed by atoms with Gasteiger partial charge >= 0.3 is 0 Å². The first kappa shape index (κ1) is 8.75. The molecule has 1 rings (SSSR count). The van der Waals surface area contributed by atoms with Gasteiger partial charge in [-0.3, -0.25) is 0 Å². The van der Waals surface area contributed by atoms with Crippen molar-refractivity contribution < 1.29 is 0 Å². The third-order valence-electron chi connectivity index (χ3n) is 1.95. The molecule has 0 nitrogen and oxygen atoms in total. The van der Waals surface area contributed by atoms with Gasteiger partial charge in [-0.25, -0.2) is 0 Å². The van der Waals surface area contributed by atoms with E-state index >= 15 is 0 Å². The summed E-state index contributed by atoms with van der Waals surface area (Å²) < 4.78 is 0. The van der Waals surface area contributed by atoms with Gasteiger partial charge in [0.05, 0.1) is 8.07 Å². The molecule has 60 valence electrons. The molecule has 0 unspecified atom stereocenters. The fourth-order valence-electron chi connectivity index (χ4n) is 1.41. The van der Waals surface area contributed by atoms with Gasteiger partial charge in [0.15, 0.2) is 0 Å². The maximum atomic E-state index is 2.41. The van der Waals surface area contributed by atoms with Gasteiger partial charge in [0.1, 0.15) is 0 Å². The van der Waals surface area contributed by atoms with Crippen LogP contribution in [0.1, 0.15) is 0 Å². The van der Waals surface area contributed by atoms with E-state index in [1.807, 2.05) is 0 Å². The zero-order valence-electron chi connectivity index (χ0n) is 7.81. The van der Waals surface area contributed by atoms with Crippen LogP contribution < -0.4 is 10.4 Å². The summed E-state index contributed by atoms with van der Waals surface area (Å²) in [5.74, 6) is 0. The maximum absolute atomic E-state index is 2.41. The van der Waals surface area contributed by atoms with Crippen molar-refractivity contribution in [2.45, 2.75) is 19.6 Å². The highest BCUT2D eigenvalue weighted by Crippen LogP contribution is 1.98. The first-order valence-electron chi connectivity index (χ1n) is 4.08. The largest absolute Gasteiger partial charge is 0.0773 e. The summed E-state index contributed by atoms with van der Waals surface area (Å²) in [5, 5.41) is 3.23. The number of rotatable bonds is 1. The predicted octanol–water partition coefficient (Wildman–Crippen LogP) is 0.222. The average molecular weight is 180 g/mol. The minimum Gasteiger partial charge on any atom is -0.0715 e. The Morgan fingerprint density at radius 2 is 1.64 bits per heavy atom. The Bertz CT molecular complexity index is 248. The minimum atomic E-state index is -1.04. The molecule has 11 heavy (non-hydrogen) atoms. The van der Waals surface area contributed by atoms with Gasteiger partial charge < -0.3 is 0 Å². The molecule has 0 N–H and O–H groups in total. The zero-order chi connectivity index (χ0) is 8.48. The molecular formula is C9H16Si2. The Hall–Kier alpha value is -0.346. The lowest BCUT2D eigenvalue weighted by molar-refractivity contribution is 1.71. The van der Waals surface area contributed by atoms with Crippen molar-refractivity contribution in [3.05, 3.63) is 24.3 Å².